The van der Waals surface area contributed by atoms with E-state index >= 15 is 0 Å². The predicted molar refractivity (Wildman–Crippen MR) is 112 cm³/mol. The van der Waals surface area contributed by atoms with Gasteiger partial charge in [0.15, 0.2) is 5.75 Å². The number of amides is 3. The van der Waals surface area contributed by atoms with E-state index in [1.54, 1.807) is 49.4 Å². The smallest absolute Gasteiger partial charge is 0.326 e. The Morgan fingerprint density at radius 1 is 1.03 bits per heavy atom. The quantitative estimate of drug-likeness (QED) is 0.375. The molecule has 3 rings (SSSR count). The molecule has 3 amide bonds. The molecule has 158 valence electrons. The van der Waals surface area contributed by atoms with E-state index in [1.165, 1.54) is 0 Å². The first kappa shape index (κ1) is 21.9. The van der Waals surface area contributed by atoms with Crippen molar-refractivity contribution in [3.63, 3.8) is 0 Å². The molecule has 30 heavy (non-hydrogen) atoms. The third-order valence-electron chi connectivity index (χ3n) is 4.77. The summed E-state index contributed by atoms with van der Waals surface area (Å²) in [5.74, 6) is -0.925. The summed E-state index contributed by atoms with van der Waals surface area (Å²) >= 11 is 12.0. The molecule has 1 saturated heterocycles. The average Bonchev–Trinajstić information content (AvgIpc) is 2.98. The average molecular weight is 451 g/mol. The molecule has 9 heteroatoms. The fourth-order valence-corrected chi connectivity index (χ4v) is 3.73. The Kier molecular flexibility index (Phi) is 6.84. The van der Waals surface area contributed by atoms with Crippen molar-refractivity contribution in [3.05, 3.63) is 64.1 Å². The molecule has 0 aromatic heterocycles. The zero-order valence-electron chi connectivity index (χ0n) is 16.2. The van der Waals surface area contributed by atoms with Crippen molar-refractivity contribution in [2.75, 3.05) is 19.8 Å². The Morgan fingerprint density at radius 2 is 1.70 bits per heavy atom. The number of para-hydroxylation sites is 1. The third kappa shape index (κ3) is 4.37. The highest BCUT2D eigenvalue weighted by atomic mass is 35.5. The van der Waals surface area contributed by atoms with Crippen molar-refractivity contribution in [1.82, 2.24) is 10.2 Å². The molecule has 1 N–H and O–H groups in total. The lowest BCUT2D eigenvalue weighted by Crippen LogP contribution is -2.44. The summed E-state index contributed by atoms with van der Waals surface area (Å²) in [7, 11) is 0. The fourth-order valence-electron chi connectivity index (χ4n) is 3.23. The highest BCUT2D eigenvalue weighted by Crippen LogP contribution is 2.33. The van der Waals surface area contributed by atoms with Crippen molar-refractivity contribution >= 4 is 41.1 Å². The number of halogens is 2. The van der Waals surface area contributed by atoms with Gasteiger partial charge < -0.3 is 14.8 Å². The van der Waals surface area contributed by atoms with Crippen molar-refractivity contribution in [2.45, 2.75) is 18.9 Å². The molecule has 0 radical (unpaired) electrons. The van der Waals surface area contributed by atoms with Crippen molar-refractivity contribution in [2.24, 2.45) is 0 Å². The largest absolute Gasteiger partial charge is 0.487 e. The van der Waals surface area contributed by atoms with Gasteiger partial charge in [-0.05, 0) is 24.1 Å². The molecule has 2 aromatic carbocycles. The van der Waals surface area contributed by atoms with Crippen LogP contribution in [0.3, 0.4) is 0 Å². The number of nitrogens with zero attached hydrogens (tertiary/aromatic N) is 1. The van der Waals surface area contributed by atoms with Crippen LogP contribution >= 0.6 is 23.2 Å². The maximum absolute atomic E-state index is 13.0. The van der Waals surface area contributed by atoms with Crippen LogP contribution in [-0.4, -0.2) is 42.6 Å². The number of hydrogen-bond donors (Lipinski definition) is 1. The molecule has 1 aliphatic rings. The lowest BCUT2D eigenvalue weighted by Gasteiger charge is -2.25. The van der Waals surface area contributed by atoms with Gasteiger partial charge in [-0.3, -0.25) is 14.5 Å². The Hall–Kier alpha value is -2.77. The number of benzene rings is 2. The molecule has 1 atom stereocenters. The minimum absolute atomic E-state index is 0.0122. The first-order valence-electron chi connectivity index (χ1n) is 9.31. The summed E-state index contributed by atoms with van der Waals surface area (Å²) in [6, 6.07) is 13.2. The number of urea groups is 1. The molecule has 1 unspecified atom stereocenters. The van der Waals surface area contributed by atoms with Crippen molar-refractivity contribution in [1.29, 1.82) is 0 Å². The van der Waals surface area contributed by atoms with Gasteiger partial charge >= 0.3 is 12.0 Å². The second-order valence-corrected chi connectivity index (χ2v) is 7.38. The topological polar surface area (TPSA) is 84.9 Å². The number of imide groups is 1. The van der Waals surface area contributed by atoms with E-state index in [4.69, 9.17) is 32.7 Å². The molecule has 0 saturated carbocycles. The molecular weight excluding hydrogens is 431 g/mol. The highest BCUT2D eigenvalue weighted by Gasteiger charge is 2.51. The summed E-state index contributed by atoms with van der Waals surface area (Å²) in [5, 5.41) is 3.39. The van der Waals surface area contributed by atoms with E-state index in [2.05, 4.69) is 5.32 Å². The monoisotopic (exact) mass is 450 g/mol. The zero-order valence-corrected chi connectivity index (χ0v) is 17.7. The Balaban J connectivity index is 1.56. The van der Waals surface area contributed by atoms with E-state index in [0.717, 1.165) is 4.90 Å². The number of carbonyl (C=O) groups is 3. The van der Waals surface area contributed by atoms with Crippen LogP contribution in [0.4, 0.5) is 4.79 Å². The Labute approximate surface area is 183 Å². The summed E-state index contributed by atoms with van der Waals surface area (Å²) < 4.78 is 10.5. The molecule has 1 aliphatic heterocycles. The van der Waals surface area contributed by atoms with E-state index in [1.807, 2.05) is 6.07 Å². The van der Waals surface area contributed by atoms with E-state index in [9.17, 15) is 14.4 Å². The van der Waals surface area contributed by atoms with Crippen LogP contribution in [0.2, 0.25) is 10.0 Å². The zero-order chi connectivity index (χ0) is 21.7. The number of esters is 1. The highest BCUT2D eigenvalue weighted by molar-refractivity contribution is 6.37. The van der Waals surface area contributed by atoms with Gasteiger partial charge in [0.1, 0.15) is 25.3 Å². The van der Waals surface area contributed by atoms with Crippen molar-refractivity contribution in [3.8, 4) is 5.75 Å². The van der Waals surface area contributed by atoms with Crippen LogP contribution < -0.4 is 10.1 Å². The maximum Gasteiger partial charge on any atom is 0.326 e. The third-order valence-corrected chi connectivity index (χ3v) is 5.37. The number of nitrogens with one attached hydrogen (secondary N) is 1. The molecule has 7 nitrogen and oxygen atoms in total. The van der Waals surface area contributed by atoms with Gasteiger partial charge in [-0.1, -0.05) is 66.5 Å². The minimum atomic E-state index is -1.19. The number of hydrogen-bond acceptors (Lipinski definition) is 5. The van der Waals surface area contributed by atoms with Gasteiger partial charge in [-0.15, -0.1) is 0 Å². The van der Waals surface area contributed by atoms with E-state index in [-0.39, 0.29) is 13.2 Å². The Morgan fingerprint density at radius 3 is 2.33 bits per heavy atom. The number of ether oxygens (including phenoxy) is 2. The lowest BCUT2D eigenvalue weighted by atomic mass is 9.87. The maximum atomic E-state index is 13.0. The van der Waals surface area contributed by atoms with Crippen LogP contribution in [0.1, 0.15) is 18.9 Å². The molecule has 0 bridgehead atoms. The van der Waals surface area contributed by atoms with Gasteiger partial charge in [0.05, 0.1) is 10.0 Å². The SMILES string of the molecule is CCC1(c2ccccc2)NC(=O)N(CC(=O)OCCOc2c(Cl)cccc2Cl)C1=O. The van der Waals surface area contributed by atoms with Gasteiger partial charge in [0, 0.05) is 0 Å². The van der Waals surface area contributed by atoms with Gasteiger partial charge in [-0.2, -0.15) is 0 Å². The first-order valence-corrected chi connectivity index (χ1v) is 10.1. The molecule has 0 aliphatic carbocycles. The second-order valence-electron chi connectivity index (χ2n) is 6.57. The summed E-state index contributed by atoms with van der Waals surface area (Å²) in [4.78, 5) is 38.4. The van der Waals surface area contributed by atoms with Crippen LogP contribution in [-0.2, 0) is 19.9 Å². The Bertz CT molecular complexity index is 933. The fraction of sp³-hybridized carbons (Fsp3) is 0.286. The molecule has 1 heterocycles. The predicted octanol–water partition coefficient (Wildman–Crippen LogP) is 3.77. The van der Waals surface area contributed by atoms with E-state index in [0.29, 0.717) is 27.8 Å². The second kappa shape index (κ2) is 9.36. The van der Waals surface area contributed by atoms with Crippen LogP contribution in [0.15, 0.2) is 48.5 Å². The molecule has 1 fully saturated rings. The first-order chi connectivity index (χ1) is 14.4. The van der Waals surface area contributed by atoms with Crippen LogP contribution in [0.25, 0.3) is 0 Å². The number of carbonyl (C=O) groups excluding carboxylic acids is 3. The van der Waals surface area contributed by atoms with Gasteiger partial charge in [-0.25, -0.2) is 4.79 Å². The molecule has 0 spiro atoms. The normalized spacial score (nSPS) is 18.3. The van der Waals surface area contributed by atoms with Gasteiger partial charge in [0.2, 0.25) is 0 Å². The van der Waals surface area contributed by atoms with Crippen LogP contribution in [0, 0.1) is 0 Å². The minimum Gasteiger partial charge on any atom is -0.487 e. The molecular formula is C21H20Cl2N2O5. The lowest BCUT2D eigenvalue weighted by molar-refractivity contribution is -0.148. The number of rotatable bonds is 8. The van der Waals surface area contributed by atoms with Gasteiger partial charge in [0.25, 0.3) is 5.91 Å². The standard InChI is InChI=1S/C21H20Cl2N2O5/c1-2-21(14-7-4-3-5-8-14)19(27)25(20(28)24-21)13-17(26)29-11-12-30-18-15(22)9-6-10-16(18)23/h3-10H,2,11-13H2,1H3,(H,24,28). The summed E-state index contributed by atoms with van der Waals surface area (Å²) in [5.41, 5.74) is -0.533. The molecule has 2 aromatic rings. The summed E-state index contributed by atoms with van der Waals surface area (Å²) in [6.07, 6.45) is 0.347. The van der Waals surface area contributed by atoms with Crippen molar-refractivity contribution < 1.29 is 23.9 Å². The summed E-state index contributed by atoms with van der Waals surface area (Å²) in [6.45, 7) is 1.22. The van der Waals surface area contributed by atoms with E-state index < -0.39 is 30.0 Å². The van der Waals surface area contributed by atoms with Crippen LogP contribution in [0.5, 0.6) is 5.75 Å².